The van der Waals surface area contributed by atoms with Crippen molar-refractivity contribution in [3.8, 4) is 0 Å². The molecule has 0 fully saturated rings. The number of halogens is 3. The summed E-state index contributed by atoms with van der Waals surface area (Å²) < 4.78 is 37.5. The molecular weight excluding hydrogens is 295 g/mol. The summed E-state index contributed by atoms with van der Waals surface area (Å²) in [5.41, 5.74) is 4.61. The lowest BCUT2D eigenvalue weighted by Gasteiger charge is -2.24. The first kappa shape index (κ1) is 16.5. The second-order valence-corrected chi connectivity index (χ2v) is 3.94. The predicted octanol–water partition coefficient (Wildman–Crippen LogP) is 1.47. The molecule has 11 heteroatoms. The van der Waals surface area contributed by atoms with E-state index in [1.807, 2.05) is 0 Å². The molecule has 0 amide bonds. The molecule has 0 saturated heterocycles. The third-order valence-electron chi connectivity index (χ3n) is 2.50. The Labute approximate surface area is 116 Å². The average Bonchev–Trinajstić information content (AvgIpc) is 2.42. The maximum Gasteiger partial charge on any atom is 0.405 e. The van der Waals surface area contributed by atoms with Crippen molar-refractivity contribution in [1.29, 1.82) is 0 Å². The van der Waals surface area contributed by atoms with Gasteiger partial charge in [0, 0.05) is 12.6 Å². The van der Waals surface area contributed by atoms with Crippen LogP contribution in [0.25, 0.3) is 0 Å². The zero-order chi connectivity index (χ0) is 16.2. The van der Waals surface area contributed by atoms with E-state index < -0.39 is 29.2 Å². The largest absolute Gasteiger partial charge is 0.409 e. The van der Waals surface area contributed by atoms with E-state index in [1.54, 1.807) is 0 Å². The van der Waals surface area contributed by atoms with Gasteiger partial charge in [0.15, 0.2) is 5.84 Å². The van der Waals surface area contributed by atoms with Crippen LogP contribution in [0.1, 0.15) is 12.5 Å². The first-order chi connectivity index (χ1) is 9.69. The van der Waals surface area contributed by atoms with Gasteiger partial charge in [-0.3, -0.25) is 10.1 Å². The van der Waals surface area contributed by atoms with E-state index >= 15 is 0 Å². The van der Waals surface area contributed by atoms with Gasteiger partial charge in [0.2, 0.25) is 0 Å². The van der Waals surface area contributed by atoms with Crippen molar-refractivity contribution in [1.82, 2.24) is 4.98 Å². The highest BCUT2D eigenvalue weighted by Crippen LogP contribution is 2.26. The Balaban J connectivity index is 3.36. The molecule has 3 N–H and O–H groups in total. The van der Waals surface area contributed by atoms with E-state index in [0.29, 0.717) is 0 Å². The lowest BCUT2D eigenvalue weighted by Crippen LogP contribution is -2.36. The van der Waals surface area contributed by atoms with Crippen LogP contribution in [0.2, 0.25) is 0 Å². The first-order valence-electron chi connectivity index (χ1n) is 5.63. The molecule has 0 aliphatic rings. The quantitative estimate of drug-likeness (QED) is 0.279. The number of hydrogen-bond acceptors (Lipinski definition) is 6. The average molecular weight is 307 g/mol. The fourth-order valence-electron chi connectivity index (χ4n) is 1.59. The molecule has 1 aromatic heterocycles. The van der Waals surface area contributed by atoms with Crippen molar-refractivity contribution in [3.05, 3.63) is 27.9 Å². The van der Waals surface area contributed by atoms with Gasteiger partial charge in [0.25, 0.3) is 5.69 Å². The monoisotopic (exact) mass is 307 g/mol. The SMILES string of the molecule is CCN(CC(F)(F)F)c1ncc([N+](=O)[O-])cc1C(N)=NO. The predicted molar refractivity (Wildman–Crippen MR) is 67.3 cm³/mol. The summed E-state index contributed by atoms with van der Waals surface area (Å²) in [4.78, 5) is 14.3. The summed E-state index contributed by atoms with van der Waals surface area (Å²) >= 11 is 0. The minimum absolute atomic E-state index is 0.0734. The molecule has 21 heavy (non-hydrogen) atoms. The number of nitrogens with two attached hydrogens (primary N) is 1. The second kappa shape index (κ2) is 6.24. The minimum atomic E-state index is -4.50. The molecule has 1 aromatic rings. The smallest absolute Gasteiger partial charge is 0.405 e. The number of aromatic nitrogens is 1. The third-order valence-corrected chi connectivity index (χ3v) is 2.50. The van der Waals surface area contributed by atoms with Crippen molar-refractivity contribution in [3.63, 3.8) is 0 Å². The van der Waals surface area contributed by atoms with E-state index in [-0.39, 0.29) is 17.9 Å². The summed E-state index contributed by atoms with van der Waals surface area (Å²) in [7, 11) is 0. The van der Waals surface area contributed by atoms with Crippen molar-refractivity contribution >= 4 is 17.3 Å². The van der Waals surface area contributed by atoms with Crippen LogP contribution >= 0.6 is 0 Å². The van der Waals surface area contributed by atoms with Gasteiger partial charge in [-0.25, -0.2) is 4.98 Å². The van der Waals surface area contributed by atoms with Crippen LogP contribution in [0.15, 0.2) is 17.4 Å². The fraction of sp³-hybridized carbons (Fsp3) is 0.400. The Hall–Kier alpha value is -2.59. The molecule has 1 heterocycles. The molecule has 8 nitrogen and oxygen atoms in total. The van der Waals surface area contributed by atoms with Crippen LogP contribution in [-0.4, -0.2) is 40.2 Å². The summed E-state index contributed by atoms with van der Waals surface area (Å²) in [6.07, 6.45) is -3.69. The number of rotatable bonds is 5. The van der Waals surface area contributed by atoms with Gasteiger partial charge in [0.1, 0.15) is 18.6 Å². The molecule has 0 bridgehead atoms. The van der Waals surface area contributed by atoms with Crippen LogP contribution in [0, 0.1) is 10.1 Å². The Morgan fingerprint density at radius 2 is 2.24 bits per heavy atom. The number of oxime groups is 1. The fourth-order valence-corrected chi connectivity index (χ4v) is 1.59. The Bertz CT molecular complexity index is 561. The number of nitrogens with zero attached hydrogens (tertiary/aromatic N) is 4. The van der Waals surface area contributed by atoms with Gasteiger partial charge in [-0.15, -0.1) is 0 Å². The summed E-state index contributed by atoms with van der Waals surface area (Å²) in [5, 5.41) is 22.0. The lowest BCUT2D eigenvalue weighted by molar-refractivity contribution is -0.385. The molecule has 0 radical (unpaired) electrons. The molecule has 0 aliphatic heterocycles. The maximum absolute atomic E-state index is 12.5. The van der Waals surface area contributed by atoms with Crippen LogP contribution in [0.3, 0.4) is 0 Å². The van der Waals surface area contributed by atoms with Crippen LogP contribution in [0.4, 0.5) is 24.7 Å². The highest BCUT2D eigenvalue weighted by Gasteiger charge is 2.32. The summed E-state index contributed by atoms with van der Waals surface area (Å²) in [6.45, 7) is 0.0565. The van der Waals surface area contributed by atoms with E-state index in [1.165, 1.54) is 6.92 Å². The van der Waals surface area contributed by atoms with Gasteiger partial charge in [-0.1, -0.05) is 5.16 Å². The highest BCUT2D eigenvalue weighted by molar-refractivity contribution is 6.01. The Kier molecular flexibility index (Phi) is 4.89. The normalized spacial score (nSPS) is 12.3. The first-order valence-corrected chi connectivity index (χ1v) is 5.63. The van der Waals surface area contributed by atoms with Crippen molar-refractivity contribution < 1.29 is 23.3 Å². The number of alkyl halides is 3. The van der Waals surface area contributed by atoms with Gasteiger partial charge in [-0.2, -0.15) is 13.2 Å². The molecule has 116 valence electrons. The molecule has 1 rings (SSSR count). The van der Waals surface area contributed by atoms with Gasteiger partial charge in [-0.05, 0) is 6.92 Å². The number of anilines is 1. The molecule has 0 atom stereocenters. The number of nitro groups is 1. The van der Waals surface area contributed by atoms with Crippen LogP contribution in [0.5, 0.6) is 0 Å². The standard InChI is InChI=1S/C10H12F3N5O3/c1-2-17(5-10(11,12)13)9-7(8(14)16-19)3-6(4-15-9)18(20)21/h3-4,19H,2,5H2,1H3,(H2,14,16). The summed E-state index contributed by atoms with van der Waals surface area (Å²) in [5.74, 6) is -0.822. The number of hydrogen-bond donors (Lipinski definition) is 2. The Morgan fingerprint density at radius 3 is 2.67 bits per heavy atom. The molecule has 0 aromatic carbocycles. The zero-order valence-corrected chi connectivity index (χ0v) is 10.8. The van der Waals surface area contributed by atoms with Crippen molar-refractivity contribution in [2.75, 3.05) is 18.0 Å². The number of amidine groups is 1. The van der Waals surface area contributed by atoms with Crippen LogP contribution in [-0.2, 0) is 0 Å². The topological polar surface area (TPSA) is 118 Å². The number of pyridine rings is 1. The lowest BCUT2D eigenvalue weighted by atomic mass is 10.2. The minimum Gasteiger partial charge on any atom is -0.409 e. The van der Waals surface area contributed by atoms with Crippen molar-refractivity contribution in [2.24, 2.45) is 10.9 Å². The molecule has 0 unspecified atom stereocenters. The molecule has 0 spiro atoms. The maximum atomic E-state index is 12.5. The molecule has 0 aliphatic carbocycles. The van der Waals surface area contributed by atoms with E-state index in [0.717, 1.165) is 17.2 Å². The van der Waals surface area contributed by atoms with Crippen molar-refractivity contribution in [2.45, 2.75) is 13.1 Å². The van der Waals surface area contributed by atoms with Gasteiger partial charge < -0.3 is 15.8 Å². The van der Waals surface area contributed by atoms with Gasteiger partial charge >= 0.3 is 6.18 Å². The second-order valence-electron chi connectivity index (χ2n) is 3.94. The van der Waals surface area contributed by atoms with Gasteiger partial charge in [0.05, 0.1) is 10.5 Å². The van der Waals surface area contributed by atoms with Crippen LogP contribution < -0.4 is 10.6 Å². The molecule has 0 saturated carbocycles. The van der Waals surface area contributed by atoms with E-state index in [9.17, 15) is 23.3 Å². The zero-order valence-electron chi connectivity index (χ0n) is 10.8. The van der Waals surface area contributed by atoms with E-state index in [4.69, 9.17) is 10.9 Å². The third kappa shape index (κ3) is 4.19. The Morgan fingerprint density at radius 1 is 1.62 bits per heavy atom. The molecular formula is C10H12F3N5O3. The summed E-state index contributed by atoms with van der Waals surface area (Å²) in [6, 6.07) is 0.899. The highest BCUT2D eigenvalue weighted by atomic mass is 19.4. The van der Waals surface area contributed by atoms with E-state index in [2.05, 4.69) is 10.1 Å².